The number of aliphatic carboxylic acids is 1. The number of hydrogen-bond acceptors (Lipinski definition) is 4. The lowest BCUT2D eigenvalue weighted by atomic mass is 10.1. The van der Waals surface area contributed by atoms with Crippen LogP contribution in [-0.4, -0.2) is 50.8 Å². The number of rotatable bonds is 7. The Hall–Kier alpha value is -2.67. The molecule has 132 valence electrons. The van der Waals surface area contributed by atoms with Crippen molar-refractivity contribution in [3.63, 3.8) is 0 Å². The van der Waals surface area contributed by atoms with Crippen molar-refractivity contribution in [1.29, 1.82) is 0 Å². The molecule has 3 rings (SSSR count). The number of amides is 1. The van der Waals surface area contributed by atoms with Crippen LogP contribution in [0.25, 0.3) is 0 Å². The molecule has 25 heavy (non-hydrogen) atoms. The number of carbonyl (C=O) groups is 2. The average molecular weight is 342 g/mol. The third-order valence-corrected chi connectivity index (χ3v) is 4.48. The molecule has 1 aliphatic rings. The first-order chi connectivity index (χ1) is 12.1. The zero-order chi connectivity index (χ0) is 17.6. The van der Waals surface area contributed by atoms with Gasteiger partial charge in [0.05, 0.1) is 13.1 Å². The van der Waals surface area contributed by atoms with Gasteiger partial charge in [0.2, 0.25) is 5.91 Å². The normalized spacial score (nSPS) is 17.5. The molecule has 1 aromatic carbocycles. The summed E-state index contributed by atoms with van der Waals surface area (Å²) >= 11 is 0. The van der Waals surface area contributed by atoms with E-state index in [9.17, 15) is 14.7 Å². The smallest absolute Gasteiger partial charge is 0.320 e. The number of benzene rings is 1. The molecule has 1 saturated heterocycles. The number of nitrogens with one attached hydrogen (secondary N) is 1. The van der Waals surface area contributed by atoms with Crippen LogP contribution in [0.1, 0.15) is 24.0 Å². The number of hydrogen-bond donors (Lipinski definition) is 2. The predicted molar refractivity (Wildman–Crippen MR) is 91.8 cm³/mol. The molecule has 1 amide bonds. The second-order valence-corrected chi connectivity index (χ2v) is 6.22. The highest BCUT2D eigenvalue weighted by molar-refractivity contribution is 5.80. The maximum absolute atomic E-state index is 12.2. The minimum Gasteiger partial charge on any atom is -0.480 e. The number of carboxylic acid groups (broad SMARTS) is 1. The van der Waals surface area contributed by atoms with Crippen LogP contribution in [0.5, 0.6) is 0 Å². The number of nitrogens with zero attached hydrogens (tertiary/aromatic N) is 3. The maximum Gasteiger partial charge on any atom is 0.320 e. The lowest BCUT2D eigenvalue weighted by Crippen LogP contribution is -2.42. The molecule has 1 unspecified atom stereocenters. The molecule has 1 aliphatic heterocycles. The largest absolute Gasteiger partial charge is 0.480 e. The van der Waals surface area contributed by atoms with E-state index in [0.717, 1.165) is 17.5 Å². The minimum atomic E-state index is -0.852. The van der Waals surface area contributed by atoms with Gasteiger partial charge < -0.3 is 10.4 Å². The van der Waals surface area contributed by atoms with Gasteiger partial charge in [0.25, 0.3) is 0 Å². The first-order valence-corrected chi connectivity index (χ1v) is 8.41. The molecule has 7 heteroatoms. The van der Waals surface area contributed by atoms with Crippen molar-refractivity contribution in [2.24, 2.45) is 0 Å². The number of carboxylic acids is 1. The summed E-state index contributed by atoms with van der Waals surface area (Å²) in [5, 5.41) is 16.3. The van der Waals surface area contributed by atoms with Crippen molar-refractivity contribution in [2.75, 3.05) is 13.1 Å². The molecule has 2 N–H and O–H groups in total. The van der Waals surface area contributed by atoms with Crippen molar-refractivity contribution in [2.45, 2.75) is 32.0 Å². The summed E-state index contributed by atoms with van der Waals surface area (Å²) in [7, 11) is 0. The van der Waals surface area contributed by atoms with Gasteiger partial charge in [0.1, 0.15) is 6.04 Å². The van der Waals surface area contributed by atoms with Crippen molar-refractivity contribution in [1.82, 2.24) is 20.0 Å². The number of likely N-dealkylation sites (tertiary alicyclic amines) is 1. The lowest BCUT2D eigenvalue weighted by molar-refractivity contribution is -0.142. The third-order valence-electron chi connectivity index (χ3n) is 4.48. The van der Waals surface area contributed by atoms with Crippen LogP contribution in [0.3, 0.4) is 0 Å². The average Bonchev–Trinajstić information content (AvgIpc) is 3.26. The van der Waals surface area contributed by atoms with Crippen LogP contribution in [0, 0.1) is 0 Å². The Balaban J connectivity index is 1.56. The van der Waals surface area contributed by atoms with Gasteiger partial charge >= 0.3 is 5.97 Å². The number of carbonyl (C=O) groups excluding carboxylic acids is 1. The van der Waals surface area contributed by atoms with Crippen molar-refractivity contribution in [3.8, 4) is 0 Å². The Bertz CT molecular complexity index is 730. The van der Waals surface area contributed by atoms with Crippen LogP contribution in [0.4, 0.5) is 0 Å². The molecule has 0 bridgehead atoms. The summed E-state index contributed by atoms with van der Waals surface area (Å²) in [5.41, 5.74) is 2.12. The van der Waals surface area contributed by atoms with Gasteiger partial charge in [-0.2, -0.15) is 5.10 Å². The van der Waals surface area contributed by atoms with Crippen LogP contribution >= 0.6 is 0 Å². The molecule has 1 fully saturated rings. The molecule has 0 saturated carbocycles. The first-order valence-electron chi connectivity index (χ1n) is 8.41. The highest BCUT2D eigenvalue weighted by Gasteiger charge is 2.31. The van der Waals surface area contributed by atoms with Crippen LogP contribution in [0.2, 0.25) is 0 Å². The summed E-state index contributed by atoms with van der Waals surface area (Å²) in [6.07, 6.45) is 5.06. The zero-order valence-corrected chi connectivity index (χ0v) is 14.0. The molecule has 2 aromatic rings. The van der Waals surface area contributed by atoms with Crippen LogP contribution < -0.4 is 5.32 Å². The maximum atomic E-state index is 12.2. The second kappa shape index (κ2) is 7.94. The van der Waals surface area contributed by atoms with Gasteiger partial charge in [-0.25, -0.2) is 0 Å². The predicted octanol–water partition coefficient (Wildman–Crippen LogP) is 1.10. The highest BCUT2D eigenvalue weighted by atomic mass is 16.4. The molecule has 0 radical (unpaired) electrons. The molecule has 1 atom stereocenters. The first kappa shape index (κ1) is 17.2. The lowest BCUT2D eigenvalue weighted by Gasteiger charge is -2.20. The van der Waals surface area contributed by atoms with E-state index in [1.54, 1.807) is 11.1 Å². The Labute approximate surface area is 146 Å². The Morgan fingerprint density at radius 3 is 2.76 bits per heavy atom. The summed E-state index contributed by atoms with van der Waals surface area (Å²) in [5.74, 6) is -1.00. The molecule has 0 aliphatic carbocycles. The fourth-order valence-electron chi connectivity index (χ4n) is 3.18. The van der Waals surface area contributed by atoms with E-state index in [1.165, 1.54) is 0 Å². The molecular formula is C18H22N4O3. The second-order valence-electron chi connectivity index (χ2n) is 6.22. The molecule has 7 nitrogen and oxygen atoms in total. The number of aromatic nitrogens is 2. The topological polar surface area (TPSA) is 87.5 Å². The highest BCUT2D eigenvalue weighted by Crippen LogP contribution is 2.16. The van der Waals surface area contributed by atoms with E-state index >= 15 is 0 Å². The van der Waals surface area contributed by atoms with Crippen molar-refractivity contribution < 1.29 is 14.7 Å². The summed E-state index contributed by atoms with van der Waals surface area (Å²) in [6.45, 7) is 1.84. The van der Waals surface area contributed by atoms with Gasteiger partial charge in [0.15, 0.2) is 0 Å². The molecule has 0 spiro atoms. The van der Waals surface area contributed by atoms with Gasteiger partial charge in [-0.1, -0.05) is 24.3 Å². The van der Waals surface area contributed by atoms with Gasteiger partial charge in [-0.3, -0.25) is 19.2 Å². The van der Waals surface area contributed by atoms with E-state index in [2.05, 4.69) is 10.4 Å². The fraction of sp³-hybridized carbons (Fsp3) is 0.389. The van der Waals surface area contributed by atoms with Gasteiger partial charge in [-0.05, 0) is 36.6 Å². The summed E-state index contributed by atoms with van der Waals surface area (Å²) in [6, 6.07) is 9.23. The SMILES string of the molecule is O=C(CN1CCCC1C(=O)O)NCc1ccccc1Cn1cccn1. The van der Waals surface area contributed by atoms with Crippen LogP contribution in [-0.2, 0) is 22.7 Å². The van der Waals surface area contributed by atoms with E-state index in [4.69, 9.17) is 0 Å². The molecular weight excluding hydrogens is 320 g/mol. The Morgan fingerprint density at radius 2 is 2.04 bits per heavy atom. The van der Waals surface area contributed by atoms with Gasteiger partial charge in [0, 0.05) is 18.9 Å². The van der Waals surface area contributed by atoms with Crippen LogP contribution in [0.15, 0.2) is 42.7 Å². The van der Waals surface area contributed by atoms with E-state index in [0.29, 0.717) is 26.1 Å². The molecule has 2 heterocycles. The standard InChI is InChI=1S/C18H22N4O3/c23-17(13-21-9-3-7-16(21)18(24)25)19-11-14-5-1-2-6-15(14)12-22-10-4-8-20-22/h1-2,4-6,8,10,16H,3,7,9,11-13H2,(H,19,23)(H,24,25). The van der Waals surface area contributed by atoms with E-state index in [-0.39, 0.29) is 12.5 Å². The summed E-state index contributed by atoms with van der Waals surface area (Å²) < 4.78 is 1.84. The third kappa shape index (κ3) is 4.45. The fourth-order valence-corrected chi connectivity index (χ4v) is 3.18. The van der Waals surface area contributed by atoms with E-state index in [1.807, 2.05) is 41.2 Å². The van der Waals surface area contributed by atoms with Crippen molar-refractivity contribution in [3.05, 3.63) is 53.9 Å². The summed E-state index contributed by atoms with van der Waals surface area (Å²) in [4.78, 5) is 25.1. The zero-order valence-electron chi connectivity index (χ0n) is 14.0. The van der Waals surface area contributed by atoms with Crippen molar-refractivity contribution >= 4 is 11.9 Å². The monoisotopic (exact) mass is 342 g/mol. The minimum absolute atomic E-state index is 0.123. The van der Waals surface area contributed by atoms with E-state index < -0.39 is 12.0 Å². The quantitative estimate of drug-likeness (QED) is 0.787. The Morgan fingerprint density at radius 1 is 1.24 bits per heavy atom. The van der Waals surface area contributed by atoms with Gasteiger partial charge in [-0.15, -0.1) is 0 Å². The Kier molecular flexibility index (Phi) is 5.45. The molecule has 1 aromatic heterocycles.